The summed E-state index contributed by atoms with van der Waals surface area (Å²) in [5.74, 6) is -2.18. The smallest absolute Gasteiger partial charge is 0.330 e. The van der Waals surface area contributed by atoms with Crippen LogP contribution in [0.25, 0.3) is 0 Å². The van der Waals surface area contributed by atoms with Gasteiger partial charge < -0.3 is 4.74 Å². The fourth-order valence-electron chi connectivity index (χ4n) is 2.72. The van der Waals surface area contributed by atoms with E-state index in [-0.39, 0.29) is 17.2 Å². The van der Waals surface area contributed by atoms with E-state index in [9.17, 15) is 28.1 Å². The quantitative estimate of drug-likeness (QED) is 0.308. The molecule has 0 radical (unpaired) electrons. The van der Waals surface area contributed by atoms with Crippen LogP contribution in [0.1, 0.15) is 26.7 Å². The third-order valence-corrected chi connectivity index (χ3v) is 5.69. The van der Waals surface area contributed by atoms with Gasteiger partial charge in [0.2, 0.25) is 5.91 Å². The van der Waals surface area contributed by atoms with Gasteiger partial charge in [0.05, 0.1) is 22.3 Å². The zero-order valence-electron chi connectivity index (χ0n) is 13.7. The van der Waals surface area contributed by atoms with Crippen molar-refractivity contribution >= 4 is 27.6 Å². The molecule has 1 amide bonds. The molecule has 1 aromatic rings. The molecular weight excluding hydrogens is 352 g/mol. The number of ether oxygens (including phenoxy) is 1. The molecular formula is C15H18N2O7S. The number of benzene rings is 1. The van der Waals surface area contributed by atoms with Gasteiger partial charge >= 0.3 is 5.97 Å². The van der Waals surface area contributed by atoms with Gasteiger partial charge in [0, 0.05) is 12.1 Å². The minimum atomic E-state index is -4.30. The molecule has 2 atom stereocenters. The summed E-state index contributed by atoms with van der Waals surface area (Å²) in [6.07, 6.45) is 0.978. The van der Waals surface area contributed by atoms with E-state index >= 15 is 0 Å². The van der Waals surface area contributed by atoms with Crippen LogP contribution in [0.3, 0.4) is 0 Å². The first kappa shape index (κ1) is 18.8. The van der Waals surface area contributed by atoms with E-state index in [0.29, 0.717) is 17.1 Å². The molecule has 1 heterocycles. The van der Waals surface area contributed by atoms with Crippen molar-refractivity contribution in [1.29, 1.82) is 0 Å². The number of non-ortho nitro benzene ring substituents is 1. The van der Waals surface area contributed by atoms with Crippen molar-refractivity contribution in [3.8, 4) is 0 Å². The highest BCUT2D eigenvalue weighted by molar-refractivity contribution is 7.89. The van der Waals surface area contributed by atoms with Crippen LogP contribution in [0.4, 0.5) is 5.69 Å². The van der Waals surface area contributed by atoms with E-state index in [1.807, 2.05) is 6.92 Å². The van der Waals surface area contributed by atoms with Crippen LogP contribution in [-0.4, -0.2) is 42.2 Å². The molecule has 1 aliphatic rings. The highest BCUT2D eigenvalue weighted by atomic mass is 32.2. The number of rotatable bonds is 7. The topological polar surface area (TPSA) is 124 Å². The van der Waals surface area contributed by atoms with Crippen LogP contribution >= 0.6 is 0 Å². The van der Waals surface area contributed by atoms with Gasteiger partial charge in [-0.25, -0.2) is 17.5 Å². The van der Waals surface area contributed by atoms with Crippen molar-refractivity contribution < 1.29 is 27.7 Å². The molecule has 0 N–H and O–H groups in total. The lowest BCUT2D eigenvalue weighted by molar-refractivity contribution is -0.384. The van der Waals surface area contributed by atoms with Crippen LogP contribution in [0, 0.1) is 16.0 Å². The van der Waals surface area contributed by atoms with Crippen LogP contribution in [0.5, 0.6) is 0 Å². The molecule has 9 nitrogen and oxygen atoms in total. The average Bonchev–Trinajstić information content (AvgIpc) is 2.57. The number of carbonyl (C=O) groups excluding carboxylic acids is 2. The maximum atomic E-state index is 12.7. The summed E-state index contributed by atoms with van der Waals surface area (Å²) in [6, 6.07) is 2.93. The Balaban J connectivity index is 2.37. The minimum absolute atomic E-state index is 0.0633. The Morgan fingerprint density at radius 3 is 2.36 bits per heavy atom. The van der Waals surface area contributed by atoms with Gasteiger partial charge in [-0.1, -0.05) is 13.3 Å². The molecule has 0 spiro atoms. The number of nitro groups is 1. The minimum Gasteiger partial charge on any atom is -0.464 e. The summed E-state index contributed by atoms with van der Waals surface area (Å²) < 4.78 is 30.8. The lowest BCUT2D eigenvalue weighted by atomic mass is 9.86. The highest BCUT2D eigenvalue weighted by Crippen LogP contribution is 2.36. The maximum Gasteiger partial charge on any atom is 0.330 e. The van der Waals surface area contributed by atoms with Crippen molar-refractivity contribution in [2.24, 2.45) is 5.92 Å². The van der Waals surface area contributed by atoms with E-state index in [4.69, 9.17) is 4.74 Å². The maximum absolute atomic E-state index is 12.7. The SMILES string of the molecule is CCCC1C(=O)N(S(=O)(=O)c2ccc([N+](=O)[O-])cc2)C1C(=O)OCC. The average molecular weight is 370 g/mol. The Morgan fingerprint density at radius 2 is 1.88 bits per heavy atom. The number of carbonyl (C=O) groups is 2. The Morgan fingerprint density at radius 1 is 1.28 bits per heavy atom. The summed E-state index contributed by atoms with van der Waals surface area (Å²) in [7, 11) is -4.30. The number of sulfonamides is 1. The first-order chi connectivity index (χ1) is 11.8. The Kier molecular flexibility index (Phi) is 5.41. The number of nitro benzene ring substituents is 1. The predicted molar refractivity (Wildman–Crippen MR) is 85.9 cm³/mol. The number of hydrogen-bond donors (Lipinski definition) is 0. The van der Waals surface area contributed by atoms with Gasteiger partial charge in [-0.05, 0) is 25.5 Å². The van der Waals surface area contributed by atoms with Gasteiger partial charge in [-0.2, -0.15) is 0 Å². The molecule has 1 fully saturated rings. The largest absolute Gasteiger partial charge is 0.464 e. The Labute approximate surface area is 144 Å². The van der Waals surface area contributed by atoms with E-state index in [1.165, 1.54) is 0 Å². The number of nitrogens with zero attached hydrogens (tertiary/aromatic N) is 2. The van der Waals surface area contributed by atoms with Crippen LogP contribution < -0.4 is 0 Å². The van der Waals surface area contributed by atoms with E-state index in [0.717, 1.165) is 24.3 Å². The van der Waals surface area contributed by atoms with Crippen molar-refractivity contribution in [1.82, 2.24) is 4.31 Å². The van der Waals surface area contributed by atoms with Gasteiger partial charge in [0.1, 0.15) is 0 Å². The zero-order valence-corrected chi connectivity index (χ0v) is 14.6. The summed E-state index contributed by atoms with van der Waals surface area (Å²) in [5, 5.41) is 10.7. The Bertz CT molecular complexity index is 789. The second-order valence-corrected chi connectivity index (χ2v) is 7.30. The van der Waals surface area contributed by atoms with Crippen LogP contribution in [0.15, 0.2) is 29.2 Å². The molecule has 2 unspecified atom stereocenters. The number of hydrogen-bond acceptors (Lipinski definition) is 7. The third-order valence-electron chi connectivity index (χ3n) is 3.90. The molecule has 1 aliphatic heterocycles. The number of β-lactam (4-membered cyclic amide) rings is 1. The second-order valence-electron chi connectivity index (χ2n) is 5.48. The van der Waals surface area contributed by atoms with Gasteiger partial charge in [-0.3, -0.25) is 14.9 Å². The van der Waals surface area contributed by atoms with E-state index in [2.05, 4.69) is 0 Å². The van der Waals surface area contributed by atoms with Gasteiger partial charge in [-0.15, -0.1) is 0 Å². The first-order valence-electron chi connectivity index (χ1n) is 7.75. The van der Waals surface area contributed by atoms with E-state index < -0.39 is 38.8 Å². The number of esters is 1. The van der Waals surface area contributed by atoms with Crippen molar-refractivity contribution in [2.45, 2.75) is 37.6 Å². The molecule has 136 valence electrons. The zero-order chi connectivity index (χ0) is 18.8. The summed E-state index contributed by atoms with van der Waals surface area (Å²) >= 11 is 0. The highest BCUT2D eigenvalue weighted by Gasteiger charge is 2.57. The molecule has 0 aromatic heterocycles. The lowest BCUT2D eigenvalue weighted by Gasteiger charge is -2.43. The number of amides is 1. The fraction of sp³-hybridized carbons (Fsp3) is 0.467. The second kappa shape index (κ2) is 7.18. The fourth-order valence-corrected chi connectivity index (χ4v) is 4.33. The predicted octanol–water partition coefficient (Wildman–Crippen LogP) is 1.47. The molecule has 10 heteroatoms. The van der Waals surface area contributed by atoms with Crippen LogP contribution in [0.2, 0.25) is 0 Å². The van der Waals surface area contributed by atoms with Gasteiger partial charge in [0.15, 0.2) is 6.04 Å². The molecule has 0 bridgehead atoms. The molecule has 25 heavy (non-hydrogen) atoms. The van der Waals surface area contributed by atoms with Crippen LogP contribution in [-0.2, 0) is 24.3 Å². The Hall–Kier alpha value is -2.49. The summed E-state index contributed by atoms with van der Waals surface area (Å²) in [5.41, 5.74) is -0.278. The molecule has 2 rings (SSSR count). The van der Waals surface area contributed by atoms with E-state index in [1.54, 1.807) is 6.92 Å². The standard InChI is InChI=1S/C15H18N2O7S/c1-3-5-12-13(15(19)24-4-2)16(14(12)18)25(22,23)11-8-6-10(7-9-11)17(20)21/h6-9,12-13H,3-5H2,1-2H3. The first-order valence-corrected chi connectivity index (χ1v) is 9.19. The normalized spacial score (nSPS) is 20.1. The third kappa shape index (κ3) is 3.34. The monoisotopic (exact) mass is 370 g/mol. The van der Waals surface area contributed by atoms with Crippen molar-refractivity contribution in [3.05, 3.63) is 34.4 Å². The molecule has 1 aromatic carbocycles. The van der Waals surface area contributed by atoms with Crippen molar-refractivity contribution in [2.75, 3.05) is 6.61 Å². The molecule has 0 aliphatic carbocycles. The summed E-state index contributed by atoms with van der Waals surface area (Å²) in [4.78, 5) is 34.1. The summed E-state index contributed by atoms with van der Waals surface area (Å²) in [6.45, 7) is 3.47. The van der Waals surface area contributed by atoms with Gasteiger partial charge in [0.25, 0.3) is 15.7 Å². The van der Waals surface area contributed by atoms with Crippen molar-refractivity contribution in [3.63, 3.8) is 0 Å². The molecule has 1 saturated heterocycles. The molecule has 0 saturated carbocycles. The lowest BCUT2D eigenvalue weighted by Crippen LogP contribution is -2.66.